The van der Waals surface area contributed by atoms with Crippen LogP contribution in [0.15, 0.2) is 54.7 Å². The van der Waals surface area contributed by atoms with E-state index >= 15 is 0 Å². The quantitative estimate of drug-likeness (QED) is 0.474. The normalized spacial score (nSPS) is 13.4. The molecule has 0 spiro atoms. The zero-order valence-electron chi connectivity index (χ0n) is 20.2. The maximum atomic E-state index is 12.4. The fourth-order valence-corrected chi connectivity index (χ4v) is 3.48. The van der Waals surface area contributed by atoms with Crippen LogP contribution in [0.2, 0.25) is 0 Å². The van der Waals surface area contributed by atoms with Crippen LogP contribution in [-0.2, 0) is 4.74 Å². The topological polar surface area (TPSA) is 101 Å². The van der Waals surface area contributed by atoms with Crippen molar-refractivity contribution in [3.63, 3.8) is 0 Å². The highest BCUT2D eigenvalue weighted by atomic mass is 16.5. The summed E-state index contributed by atoms with van der Waals surface area (Å²) in [5.41, 5.74) is 2.15. The number of hydrogen-bond acceptors (Lipinski definition) is 8. The highest BCUT2D eigenvalue weighted by molar-refractivity contribution is 5.99. The van der Waals surface area contributed by atoms with Gasteiger partial charge in [-0.1, -0.05) is 0 Å². The van der Waals surface area contributed by atoms with Gasteiger partial charge >= 0.3 is 6.03 Å². The van der Waals surface area contributed by atoms with Gasteiger partial charge in [-0.05, 0) is 62.6 Å². The Hall–Kier alpha value is -3.89. The molecule has 184 valence electrons. The molecule has 0 bridgehead atoms. The maximum absolute atomic E-state index is 12.4. The lowest BCUT2D eigenvalue weighted by atomic mass is 10.2. The minimum atomic E-state index is -0.338. The molecule has 1 aliphatic rings. The molecule has 1 saturated heterocycles. The summed E-state index contributed by atoms with van der Waals surface area (Å²) in [5, 5.41) is 5.65. The molecular formula is C25H30N6O4. The Morgan fingerprint density at radius 3 is 2.26 bits per heavy atom. The summed E-state index contributed by atoms with van der Waals surface area (Å²) >= 11 is 0. The molecule has 1 fully saturated rings. The Morgan fingerprint density at radius 2 is 1.66 bits per heavy atom. The van der Waals surface area contributed by atoms with Crippen LogP contribution in [0.1, 0.15) is 0 Å². The molecular weight excluding hydrogens is 448 g/mol. The molecule has 35 heavy (non-hydrogen) atoms. The highest BCUT2D eigenvalue weighted by Crippen LogP contribution is 2.29. The van der Waals surface area contributed by atoms with Gasteiger partial charge < -0.3 is 29.7 Å². The van der Waals surface area contributed by atoms with E-state index in [0.717, 1.165) is 30.2 Å². The summed E-state index contributed by atoms with van der Waals surface area (Å²) in [4.78, 5) is 25.7. The zero-order chi connectivity index (χ0) is 24.6. The minimum absolute atomic E-state index is 0.338. The van der Waals surface area contributed by atoms with E-state index < -0.39 is 0 Å². The number of benzene rings is 2. The lowest BCUT2D eigenvalue weighted by Crippen LogP contribution is -2.37. The molecule has 2 N–H and O–H groups in total. The molecule has 1 aliphatic heterocycles. The van der Waals surface area contributed by atoms with Crippen molar-refractivity contribution >= 4 is 23.2 Å². The largest absolute Gasteiger partial charge is 0.491 e. The van der Waals surface area contributed by atoms with Crippen molar-refractivity contribution in [2.24, 2.45) is 0 Å². The molecule has 0 saturated carbocycles. The number of methoxy groups -OCH3 is 1. The van der Waals surface area contributed by atoms with Crippen LogP contribution in [0.5, 0.6) is 11.5 Å². The first kappa shape index (κ1) is 24.2. The van der Waals surface area contributed by atoms with Crippen molar-refractivity contribution < 1.29 is 19.0 Å². The van der Waals surface area contributed by atoms with Gasteiger partial charge in [0.25, 0.3) is 0 Å². The van der Waals surface area contributed by atoms with Crippen molar-refractivity contribution in [1.82, 2.24) is 14.9 Å². The van der Waals surface area contributed by atoms with E-state index in [-0.39, 0.29) is 6.03 Å². The van der Waals surface area contributed by atoms with Crippen LogP contribution < -0.4 is 25.0 Å². The van der Waals surface area contributed by atoms with Crippen LogP contribution in [0.3, 0.4) is 0 Å². The molecule has 2 heterocycles. The van der Waals surface area contributed by atoms with E-state index in [1.165, 1.54) is 0 Å². The van der Waals surface area contributed by atoms with Crippen molar-refractivity contribution in [2.75, 3.05) is 69.8 Å². The van der Waals surface area contributed by atoms with Crippen LogP contribution in [-0.4, -0.2) is 75.1 Å². The Kier molecular flexibility index (Phi) is 7.96. The number of nitrogens with one attached hydrogen (secondary N) is 2. The van der Waals surface area contributed by atoms with Crippen LogP contribution >= 0.6 is 0 Å². The number of rotatable bonds is 8. The standard InChI is InChI=1S/C25H30N6O4/c1-30(2)17-35-21-10-8-20(9-11-21)28-25(32)27-19-6-4-18(5-7-19)23-26-16-22(33-3)24(29-23)31-12-14-34-15-13-31/h4-11,16H,12-15,17H2,1-3H3,(H2,27,28,32). The summed E-state index contributed by atoms with van der Waals surface area (Å²) in [6, 6.07) is 14.2. The SMILES string of the molecule is COc1cnc(-c2ccc(NC(=O)Nc3ccc(OCN(C)C)cc3)cc2)nc1N1CCOCC1. The first-order valence-electron chi connectivity index (χ1n) is 11.3. The molecule has 0 aliphatic carbocycles. The predicted octanol–water partition coefficient (Wildman–Crippen LogP) is 3.53. The summed E-state index contributed by atoms with van der Waals surface area (Å²) in [6.07, 6.45) is 1.68. The van der Waals surface area contributed by atoms with Crippen molar-refractivity contribution in [3.05, 3.63) is 54.7 Å². The molecule has 0 unspecified atom stereocenters. The fraction of sp³-hybridized carbons (Fsp3) is 0.320. The smallest absolute Gasteiger partial charge is 0.323 e. The van der Waals surface area contributed by atoms with Gasteiger partial charge in [-0.25, -0.2) is 14.8 Å². The van der Waals surface area contributed by atoms with Crippen molar-refractivity contribution in [2.45, 2.75) is 0 Å². The van der Waals surface area contributed by atoms with E-state index in [9.17, 15) is 4.79 Å². The second kappa shape index (κ2) is 11.5. The van der Waals surface area contributed by atoms with Crippen LogP contribution in [0.25, 0.3) is 11.4 Å². The maximum Gasteiger partial charge on any atom is 0.323 e. The number of nitrogens with zero attached hydrogens (tertiary/aromatic N) is 4. The summed E-state index contributed by atoms with van der Waals surface area (Å²) < 4.78 is 16.5. The van der Waals surface area contributed by atoms with Gasteiger partial charge in [-0.3, -0.25) is 4.90 Å². The first-order valence-corrected chi connectivity index (χ1v) is 11.3. The van der Waals surface area contributed by atoms with Gasteiger partial charge in [0.1, 0.15) is 12.5 Å². The zero-order valence-corrected chi connectivity index (χ0v) is 20.2. The number of ether oxygens (including phenoxy) is 3. The number of aromatic nitrogens is 2. The first-order chi connectivity index (χ1) is 17.0. The molecule has 1 aromatic heterocycles. The number of hydrogen-bond donors (Lipinski definition) is 2. The highest BCUT2D eigenvalue weighted by Gasteiger charge is 2.19. The molecule has 10 nitrogen and oxygen atoms in total. The number of amides is 2. The summed E-state index contributed by atoms with van der Waals surface area (Å²) in [5.74, 6) is 2.70. The lowest BCUT2D eigenvalue weighted by Gasteiger charge is -2.28. The molecule has 10 heteroatoms. The summed E-state index contributed by atoms with van der Waals surface area (Å²) in [7, 11) is 5.47. The van der Waals surface area contributed by atoms with Gasteiger partial charge in [0.2, 0.25) is 0 Å². The second-order valence-corrected chi connectivity index (χ2v) is 8.22. The number of anilines is 3. The Labute approximate surface area is 204 Å². The Balaban J connectivity index is 1.38. The van der Waals surface area contributed by atoms with Gasteiger partial charge in [-0.15, -0.1) is 0 Å². The van der Waals surface area contributed by atoms with Gasteiger partial charge in [0.05, 0.1) is 26.5 Å². The number of carbonyl (C=O) groups excluding carboxylic acids is 1. The van der Waals surface area contributed by atoms with E-state index in [2.05, 4.69) is 20.5 Å². The molecule has 0 atom stereocenters. The molecule has 4 rings (SSSR count). The summed E-state index contributed by atoms with van der Waals surface area (Å²) in [6.45, 7) is 3.28. The monoisotopic (exact) mass is 478 g/mol. The molecule has 2 amide bonds. The van der Waals surface area contributed by atoms with Gasteiger partial charge in [0.15, 0.2) is 17.4 Å². The average molecular weight is 479 g/mol. The third-order valence-electron chi connectivity index (χ3n) is 5.27. The number of urea groups is 1. The third kappa shape index (κ3) is 6.58. The van der Waals surface area contributed by atoms with Gasteiger partial charge in [-0.2, -0.15) is 0 Å². The van der Waals surface area contributed by atoms with Crippen LogP contribution in [0.4, 0.5) is 22.0 Å². The van der Waals surface area contributed by atoms with E-state index in [4.69, 9.17) is 19.2 Å². The Bertz CT molecular complexity index is 1120. The number of morpholine rings is 1. The Morgan fingerprint density at radius 1 is 1.03 bits per heavy atom. The molecule has 3 aromatic rings. The average Bonchev–Trinajstić information content (AvgIpc) is 2.89. The van der Waals surface area contributed by atoms with E-state index in [1.54, 1.807) is 25.4 Å². The molecule has 0 radical (unpaired) electrons. The number of carbonyl (C=O) groups is 1. The van der Waals surface area contributed by atoms with E-state index in [1.807, 2.05) is 55.4 Å². The third-order valence-corrected chi connectivity index (χ3v) is 5.27. The lowest BCUT2D eigenvalue weighted by molar-refractivity contribution is 0.122. The fourth-order valence-electron chi connectivity index (χ4n) is 3.48. The van der Waals surface area contributed by atoms with Crippen molar-refractivity contribution in [1.29, 1.82) is 0 Å². The second-order valence-electron chi connectivity index (χ2n) is 8.22. The van der Waals surface area contributed by atoms with Crippen molar-refractivity contribution in [3.8, 4) is 22.9 Å². The predicted molar refractivity (Wildman–Crippen MR) is 135 cm³/mol. The molecule has 2 aromatic carbocycles. The minimum Gasteiger partial charge on any atom is -0.491 e. The van der Waals surface area contributed by atoms with E-state index in [0.29, 0.717) is 42.9 Å². The van der Waals surface area contributed by atoms with Crippen LogP contribution in [0, 0.1) is 0 Å². The van der Waals surface area contributed by atoms with Gasteiger partial charge in [0, 0.05) is 30.0 Å².